The SMILES string of the molecule is CC(CO)CP(=O)(O)C(C)C. The van der Waals surface area contributed by atoms with Gasteiger partial charge in [-0.05, 0) is 5.92 Å². The van der Waals surface area contributed by atoms with Gasteiger partial charge in [0.15, 0.2) is 0 Å². The average molecular weight is 180 g/mol. The molecule has 0 aromatic heterocycles. The first-order valence-electron chi connectivity index (χ1n) is 3.82. The van der Waals surface area contributed by atoms with Crippen LogP contribution in [0, 0.1) is 5.92 Å². The van der Waals surface area contributed by atoms with Gasteiger partial charge in [-0.15, -0.1) is 0 Å². The van der Waals surface area contributed by atoms with E-state index in [-0.39, 0.29) is 24.3 Å². The van der Waals surface area contributed by atoms with Crippen molar-refractivity contribution in [1.82, 2.24) is 0 Å². The maximum absolute atomic E-state index is 11.3. The van der Waals surface area contributed by atoms with Crippen LogP contribution in [0.5, 0.6) is 0 Å². The molecule has 4 heteroatoms. The van der Waals surface area contributed by atoms with E-state index in [0.29, 0.717) is 0 Å². The second-order valence-electron chi connectivity index (χ2n) is 3.32. The predicted molar refractivity (Wildman–Crippen MR) is 46.1 cm³/mol. The van der Waals surface area contributed by atoms with Crippen molar-refractivity contribution in [3.05, 3.63) is 0 Å². The molecule has 0 aromatic rings. The highest BCUT2D eigenvalue weighted by atomic mass is 31.2. The van der Waals surface area contributed by atoms with Crippen LogP contribution < -0.4 is 0 Å². The molecule has 0 aliphatic rings. The third-order valence-corrected chi connectivity index (χ3v) is 4.45. The van der Waals surface area contributed by atoms with Gasteiger partial charge in [-0.3, -0.25) is 4.57 Å². The lowest BCUT2D eigenvalue weighted by molar-refractivity contribution is 0.246. The maximum atomic E-state index is 11.3. The van der Waals surface area contributed by atoms with Gasteiger partial charge in [-0.25, -0.2) is 0 Å². The van der Waals surface area contributed by atoms with E-state index in [9.17, 15) is 9.46 Å². The zero-order valence-electron chi connectivity index (χ0n) is 7.32. The van der Waals surface area contributed by atoms with Crippen LogP contribution in [-0.2, 0) is 4.57 Å². The van der Waals surface area contributed by atoms with Crippen LogP contribution in [0.25, 0.3) is 0 Å². The summed E-state index contributed by atoms with van der Waals surface area (Å²) in [6, 6.07) is 0. The summed E-state index contributed by atoms with van der Waals surface area (Å²) in [7, 11) is -3.00. The Bertz CT molecular complexity index is 156. The largest absolute Gasteiger partial charge is 0.396 e. The molecule has 0 fully saturated rings. The van der Waals surface area contributed by atoms with E-state index in [1.54, 1.807) is 20.8 Å². The highest BCUT2D eigenvalue weighted by molar-refractivity contribution is 7.58. The fourth-order valence-electron chi connectivity index (χ4n) is 0.715. The Morgan fingerprint density at radius 2 is 1.82 bits per heavy atom. The molecule has 0 aliphatic carbocycles. The smallest absolute Gasteiger partial charge is 0.203 e. The molecular weight excluding hydrogens is 163 g/mol. The van der Waals surface area contributed by atoms with Crippen LogP contribution in [0.2, 0.25) is 0 Å². The molecular formula is C7H17O3P. The van der Waals surface area contributed by atoms with Gasteiger partial charge in [-0.2, -0.15) is 0 Å². The first-order valence-corrected chi connectivity index (χ1v) is 5.74. The summed E-state index contributed by atoms with van der Waals surface area (Å²) < 4.78 is 11.3. The molecule has 0 aliphatic heterocycles. The molecule has 0 saturated carbocycles. The Morgan fingerprint density at radius 3 is 2.09 bits per heavy atom. The maximum Gasteiger partial charge on any atom is 0.203 e. The van der Waals surface area contributed by atoms with E-state index in [1.165, 1.54) is 0 Å². The Balaban J connectivity index is 4.02. The molecule has 68 valence electrons. The molecule has 0 spiro atoms. The zero-order chi connectivity index (χ0) is 9.07. The van der Waals surface area contributed by atoms with Crippen LogP contribution in [0.1, 0.15) is 20.8 Å². The van der Waals surface area contributed by atoms with Crippen molar-refractivity contribution < 1.29 is 14.6 Å². The van der Waals surface area contributed by atoms with E-state index < -0.39 is 7.37 Å². The molecule has 2 N–H and O–H groups in total. The fourth-order valence-corrected chi connectivity index (χ4v) is 2.15. The Hall–Kier alpha value is 0.150. The normalized spacial score (nSPS) is 19.8. The van der Waals surface area contributed by atoms with Gasteiger partial charge in [0.2, 0.25) is 7.37 Å². The standard InChI is InChI=1S/C7H17O3P/c1-6(2)11(9,10)5-7(3)4-8/h6-8H,4-5H2,1-3H3,(H,9,10). The summed E-state index contributed by atoms with van der Waals surface area (Å²) in [4.78, 5) is 9.34. The van der Waals surface area contributed by atoms with Crippen molar-refractivity contribution in [2.75, 3.05) is 12.8 Å². The van der Waals surface area contributed by atoms with Crippen molar-refractivity contribution >= 4 is 7.37 Å². The van der Waals surface area contributed by atoms with Crippen molar-refractivity contribution in [3.63, 3.8) is 0 Å². The third-order valence-electron chi connectivity index (χ3n) is 1.69. The summed E-state index contributed by atoms with van der Waals surface area (Å²) in [5, 5.41) is 8.65. The van der Waals surface area contributed by atoms with E-state index in [1.807, 2.05) is 0 Å². The fraction of sp³-hybridized carbons (Fsp3) is 1.00. The summed E-state index contributed by atoms with van der Waals surface area (Å²) in [6.45, 7) is 5.21. The van der Waals surface area contributed by atoms with Gasteiger partial charge < -0.3 is 10.00 Å². The molecule has 0 radical (unpaired) electrons. The molecule has 0 aromatic carbocycles. The van der Waals surface area contributed by atoms with Gasteiger partial charge in [0.05, 0.1) is 0 Å². The van der Waals surface area contributed by atoms with Gasteiger partial charge in [0.25, 0.3) is 0 Å². The van der Waals surface area contributed by atoms with Crippen LogP contribution in [0.15, 0.2) is 0 Å². The average Bonchev–Trinajstić information content (AvgIpc) is 1.86. The molecule has 0 rings (SSSR count). The second-order valence-corrected chi connectivity index (χ2v) is 6.23. The number of aliphatic hydroxyl groups excluding tert-OH is 1. The van der Waals surface area contributed by atoms with Crippen molar-refractivity contribution in [2.45, 2.75) is 26.4 Å². The highest BCUT2D eigenvalue weighted by Crippen LogP contribution is 2.47. The quantitative estimate of drug-likeness (QED) is 0.641. The number of aliphatic hydroxyl groups is 1. The van der Waals surface area contributed by atoms with Crippen molar-refractivity contribution in [2.24, 2.45) is 5.92 Å². The summed E-state index contributed by atoms with van der Waals surface area (Å²) in [5.74, 6) is -0.0757. The summed E-state index contributed by atoms with van der Waals surface area (Å²) in [5.41, 5.74) is -0.198. The Kier molecular flexibility index (Phi) is 4.30. The minimum atomic E-state index is -3.00. The van der Waals surface area contributed by atoms with Gasteiger partial charge in [0.1, 0.15) is 0 Å². The molecule has 2 unspecified atom stereocenters. The van der Waals surface area contributed by atoms with Crippen LogP contribution in [-0.4, -0.2) is 28.4 Å². The van der Waals surface area contributed by atoms with Crippen LogP contribution >= 0.6 is 7.37 Å². The Labute approximate surface area is 67.9 Å². The number of hydrogen-bond donors (Lipinski definition) is 2. The van der Waals surface area contributed by atoms with E-state index in [0.717, 1.165) is 0 Å². The monoisotopic (exact) mass is 180 g/mol. The highest BCUT2D eigenvalue weighted by Gasteiger charge is 2.24. The van der Waals surface area contributed by atoms with E-state index >= 15 is 0 Å². The molecule has 0 bridgehead atoms. The molecule has 0 saturated heterocycles. The van der Waals surface area contributed by atoms with Gasteiger partial charge in [-0.1, -0.05) is 20.8 Å². The lowest BCUT2D eigenvalue weighted by Gasteiger charge is -2.17. The van der Waals surface area contributed by atoms with E-state index in [2.05, 4.69) is 0 Å². The second kappa shape index (κ2) is 4.24. The van der Waals surface area contributed by atoms with Gasteiger partial charge >= 0.3 is 0 Å². The molecule has 2 atom stereocenters. The summed E-state index contributed by atoms with van der Waals surface area (Å²) in [6.07, 6.45) is 0.223. The first kappa shape index (κ1) is 11.2. The van der Waals surface area contributed by atoms with Crippen molar-refractivity contribution in [3.8, 4) is 0 Å². The predicted octanol–water partition coefficient (Wildman–Crippen LogP) is 1.29. The van der Waals surface area contributed by atoms with Crippen LogP contribution in [0.3, 0.4) is 0 Å². The van der Waals surface area contributed by atoms with Crippen LogP contribution in [0.4, 0.5) is 0 Å². The lowest BCUT2D eigenvalue weighted by Crippen LogP contribution is -2.11. The summed E-state index contributed by atoms with van der Waals surface area (Å²) >= 11 is 0. The zero-order valence-corrected chi connectivity index (χ0v) is 8.21. The number of hydrogen-bond acceptors (Lipinski definition) is 2. The molecule has 0 heterocycles. The Morgan fingerprint density at radius 1 is 1.36 bits per heavy atom. The molecule has 3 nitrogen and oxygen atoms in total. The lowest BCUT2D eigenvalue weighted by atomic mass is 10.2. The van der Waals surface area contributed by atoms with Gasteiger partial charge in [0, 0.05) is 18.4 Å². The van der Waals surface area contributed by atoms with E-state index in [4.69, 9.17) is 5.11 Å². The van der Waals surface area contributed by atoms with Crippen molar-refractivity contribution in [1.29, 1.82) is 0 Å². The molecule has 0 amide bonds. The topological polar surface area (TPSA) is 57.5 Å². The minimum absolute atomic E-state index is 0.0166. The first-order chi connectivity index (χ1) is 4.90. The minimum Gasteiger partial charge on any atom is -0.396 e. The third kappa shape index (κ3) is 3.90. The number of rotatable bonds is 4. The molecule has 11 heavy (non-hydrogen) atoms.